The zero-order chi connectivity index (χ0) is 28.1. The molecule has 0 radical (unpaired) electrons. The first kappa shape index (κ1) is 27.7. The van der Waals surface area contributed by atoms with Crippen molar-refractivity contribution in [1.29, 1.82) is 0 Å². The minimum absolute atomic E-state index is 0.00330. The van der Waals surface area contributed by atoms with Crippen LogP contribution in [0.5, 0.6) is 23.0 Å². The lowest BCUT2D eigenvalue weighted by Crippen LogP contribution is -2.40. The Hall–Kier alpha value is -4.31. The molecule has 1 atom stereocenters. The van der Waals surface area contributed by atoms with E-state index in [4.69, 9.17) is 18.9 Å². The Morgan fingerprint density at radius 2 is 1.92 bits per heavy atom. The van der Waals surface area contributed by atoms with Crippen LogP contribution < -0.4 is 29.1 Å². The molecule has 0 bridgehead atoms. The molecule has 2 aromatic carbocycles. The highest BCUT2D eigenvalue weighted by Crippen LogP contribution is 2.36. The van der Waals surface area contributed by atoms with Gasteiger partial charge in [0, 0.05) is 0 Å². The van der Waals surface area contributed by atoms with Crippen LogP contribution in [0.2, 0.25) is 0 Å². The van der Waals surface area contributed by atoms with Crippen molar-refractivity contribution in [3.05, 3.63) is 91.1 Å². The van der Waals surface area contributed by atoms with Gasteiger partial charge >= 0.3 is 5.97 Å². The van der Waals surface area contributed by atoms with Crippen LogP contribution in [0.25, 0.3) is 6.08 Å². The third kappa shape index (κ3) is 5.61. The molecule has 1 unspecified atom stereocenters. The van der Waals surface area contributed by atoms with Crippen molar-refractivity contribution < 1.29 is 28.8 Å². The molecule has 1 aromatic heterocycles. The number of aromatic hydroxyl groups is 1. The van der Waals surface area contributed by atoms with E-state index in [-0.39, 0.29) is 29.2 Å². The minimum atomic E-state index is -0.801. The van der Waals surface area contributed by atoms with Gasteiger partial charge in [0.1, 0.15) is 6.61 Å². The molecule has 0 aliphatic carbocycles. The molecule has 2 heterocycles. The van der Waals surface area contributed by atoms with Crippen molar-refractivity contribution in [3.63, 3.8) is 0 Å². The Balaban J connectivity index is 1.93. The van der Waals surface area contributed by atoms with E-state index in [0.29, 0.717) is 50.9 Å². The number of methoxy groups -OCH3 is 1. The summed E-state index contributed by atoms with van der Waals surface area (Å²) in [6, 6.07) is 9.33. The molecule has 39 heavy (non-hydrogen) atoms. The van der Waals surface area contributed by atoms with Gasteiger partial charge in [0.05, 0.1) is 42.2 Å². The molecular weight excluding hydrogens is 520 g/mol. The summed E-state index contributed by atoms with van der Waals surface area (Å²) >= 11 is 1.20. The fourth-order valence-corrected chi connectivity index (χ4v) is 5.32. The maximum absolute atomic E-state index is 13.8. The Morgan fingerprint density at radius 1 is 1.13 bits per heavy atom. The quantitative estimate of drug-likeness (QED) is 0.304. The SMILES string of the molecule is C=CCOc1ccc(C2C(C(=O)OCC)=C(C)N=c3s/c(=C/c4ccc(O)c(OC)c4)c(=O)n32)cc1OCC. The standard InChI is InChI=1S/C29H30N2O7S/c1-6-13-38-21-12-10-19(16-23(21)36-7-2)26-25(28(34)37-8-3)17(4)30-29-31(26)27(33)24(39-29)15-18-9-11-20(32)22(14-18)35-5/h6,9-12,14-16,26,32H,1,7-8,13H2,2-5H3/b24-15+. The number of allylic oxidation sites excluding steroid dienone is 1. The third-order valence-electron chi connectivity index (χ3n) is 5.96. The van der Waals surface area contributed by atoms with Crippen LogP contribution in [-0.2, 0) is 9.53 Å². The van der Waals surface area contributed by atoms with Crippen LogP contribution in [0, 0.1) is 0 Å². The van der Waals surface area contributed by atoms with Crippen molar-refractivity contribution in [2.45, 2.75) is 26.8 Å². The van der Waals surface area contributed by atoms with Crippen molar-refractivity contribution in [2.24, 2.45) is 4.99 Å². The van der Waals surface area contributed by atoms with E-state index in [1.54, 1.807) is 56.3 Å². The number of phenolic OH excluding ortho intramolecular Hbond substituents is 1. The third-order valence-corrected chi connectivity index (χ3v) is 6.94. The summed E-state index contributed by atoms with van der Waals surface area (Å²) in [6.45, 7) is 9.87. The molecule has 1 aliphatic rings. The zero-order valence-electron chi connectivity index (χ0n) is 22.2. The Kier molecular flexibility index (Phi) is 8.55. The number of ether oxygens (including phenoxy) is 4. The van der Waals surface area contributed by atoms with Crippen LogP contribution >= 0.6 is 11.3 Å². The summed E-state index contributed by atoms with van der Waals surface area (Å²) in [5.74, 6) is 0.736. The van der Waals surface area contributed by atoms with E-state index in [1.165, 1.54) is 29.1 Å². The first-order valence-electron chi connectivity index (χ1n) is 12.4. The van der Waals surface area contributed by atoms with Crippen LogP contribution in [0.15, 0.2) is 70.1 Å². The molecule has 0 fully saturated rings. The molecule has 10 heteroatoms. The van der Waals surface area contributed by atoms with Gasteiger partial charge in [-0.25, -0.2) is 9.79 Å². The van der Waals surface area contributed by atoms with Crippen molar-refractivity contribution in [1.82, 2.24) is 4.57 Å². The van der Waals surface area contributed by atoms with Crippen LogP contribution in [-0.4, -0.2) is 42.6 Å². The number of carbonyl (C=O) groups is 1. The summed E-state index contributed by atoms with van der Waals surface area (Å²) in [6.07, 6.45) is 3.33. The lowest BCUT2D eigenvalue weighted by Gasteiger charge is -2.25. The maximum Gasteiger partial charge on any atom is 0.338 e. The summed E-state index contributed by atoms with van der Waals surface area (Å²) in [5.41, 5.74) is 1.71. The summed E-state index contributed by atoms with van der Waals surface area (Å²) in [4.78, 5) is 32.0. The number of aromatic nitrogens is 1. The van der Waals surface area contributed by atoms with E-state index in [9.17, 15) is 14.7 Å². The highest BCUT2D eigenvalue weighted by Gasteiger charge is 2.34. The number of nitrogens with zero attached hydrogens (tertiary/aromatic N) is 2. The zero-order valence-corrected chi connectivity index (χ0v) is 23.0. The van der Waals surface area contributed by atoms with E-state index < -0.39 is 12.0 Å². The van der Waals surface area contributed by atoms with Crippen LogP contribution in [0.1, 0.15) is 37.9 Å². The number of rotatable bonds is 10. The number of thiazole rings is 1. The van der Waals surface area contributed by atoms with Gasteiger partial charge in [0.25, 0.3) is 5.56 Å². The van der Waals surface area contributed by atoms with Gasteiger partial charge < -0.3 is 24.1 Å². The number of fused-ring (bicyclic) bond motifs is 1. The fourth-order valence-electron chi connectivity index (χ4n) is 4.27. The lowest BCUT2D eigenvalue weighted by molar-refractivity contribution is -0.139. The molecule has 0 amide bonds. The van der Waals surface area contributed by atoms with Gasteiger partial charge in [-0.2, -0.15) is 0 Å². The average Bonchev–Trinajstić information content (AvgIpc) is 3.22. The van der Waals surface area contributed by atoms with Gasteiger partial charge in [-0.15, -0.1) is 0 Å². The van der Waals surface area contributed by atoms with Gasteiger partial charge in [0.2, 0.25) is 0 Å². The van der Waals surface area contributed by atoms with Gasteiger partial charge in [-0.3, -0.25) is 9.36 Å². The molecular formula is C29H30N2O7S. The van der Waals surface area contributed by atoms with E-state index in [2.05, 4.69) is 11.6 Å². The Labute approximate surface area is 229 Å². The van der Waals surface area contributed by atoms with Gasteiger partial charge in [-0.1, -0.05) is 36.1 Å². The first-order valence-corrected chi connectivity index (χ1v) is 13.2. The number of esters is 1. The van der Waals surface area contributed by atoms with Gasteiger partial charge in [0.15, 0.2) is 27.8 Å². The second kappa shape index (κ2) is 12.0. The normalized spacial score (nSPS) is 14.9. The minimum Gasteiger partial charge on any atom is -0.504 e. The van der Waals surface area contributed by atoms with Crippen molar-refractivity contribution in [2.75, 3.05) is 26.9 Å². The second-order valence-corrected chi connectivity index (χ2v) is 9.48. The Bertz CT molecular complexity index is 1620. The topological polar surface area (TPSA) is 109 Å². The highest BCUT2D eigenvalue weighted by molar-refractivity contribution is 7.07. The molecule has 0 saturated heterocycles. The number of benzene rings is 2. The molecule has 0 spiro atoms. The number of carbonyl (C=O) groups excluding carboxylic acids is 1. The predicted molar refractivity (Wildman–Crippen MR) is 148 cm³/mol. The largest absolute Gasteiger partial charge is 0.504 e. The molecule has 1 N–H and O–H groups in total. The highest BCUT2D eigenvalue weighted by atomic mass is 32.1. The molecule has 9 nitrogen and oxygen atoms in total. The predicted octanol–water partition coefficient (Wildman–Crippen LogP) is 3.48. The Morgan fingerprint density at radius 3 is 2.62 bits per heavy atom. The molecule has 204 valence electrons. The average molecular weight is 551 g/mol. The van der Waals surface area contributed by atoms with Crippen LogP contribution in [0.3, 0.4) is 0 Å². The maximum atomic E-state index is 13.8. The molecule has 1 aliphatic heterocycles. The van der Waals surface area contributed by atoms with Crippen molar-refractivity contribution in [3.8, 4) is 23.0 Å². The molecule has 0 saturated carbocycles. The number of hydrogen-bond acceptors (Lipinski definition) is 9. The molecule has 4 rings (SSSR count). The smallest absolute Gasteiger partial charge is 0.338 e. The number of phenols is 1. The lowest BCUT2D eigenvalue weighted by atomic mass is 9.95. The summed E-state index contributed by atoms with van der Waals surface area (Å²) < 4.78 is 24.0. The van der Waals surface area contributed by atoms with Crippen LogP contribution in [0.4, 0.5) is 0 Å². The number of hydrogen-bond donors (Lipinski definition) is 1. The summed E-state index contributed by atoms with van der Waals surface area (Å²) in [5, 5.41) is 9.94. The monoisotopic (exact) mass is 550 g/mol. The second-order valence-electron chi connectivity index (χ2n) is 8.47. The molecule has 3 aromatic rings. The summed E-state index contributed by atoms with van der Waals surface area (Å²) in [7, 11) is 1.45. The van der Waals surface area contributed by atoms with Crippen molar-refractivity contribution >= 4 is 23.4 Å². The van der Waals surface area contributed by atoms with E-state index >= 15 is 0 Å². The fraction of sp³-hybridized carbons (Fsp3) is 0.276. The van der Waals surface area contributed by atoms with Gasteiger partial charge in [-0.05, 0) is 62.2 Å². The first-order chi connectivity index (χ1) is 18.8. The van der Waals surface area contributed by atoms with E-state index in [0.717, 1.165) is 0 Å². The van der Waals surface area contributed by atoms with E-state index in [1.807, 2.05) is 6.92 Å².